The number of nitrogens with two attached hydrogens (primary N) is 1. The van der Waals surface area contributed by atoms with Gasteiger partial charge in [0.25, 0.3) is 0 Å². The van der Waals surface area contributed by atoms with Gasteiger partial charge in [0, 0.05) is 19.4 Å². The number of ether oxygens (including phenoxy) is 1. The van der Waals surface area contributed by atoms with Crippen molar-refractivity contribution in [2.24, 2.45) is 7.05 Å². The molecule has 0 saturated carbocycles. The molecule has 0 aromatic carbocycles. The van der Waals surface area contributed by atoms with Gasteiger partial charge in [-0.15, -0.1) is 0 Å². The predicted octanol–water partition coefficient (Wildman–Crippen LogP) is 0.165. The maximum Gasteiger partial charge on any atom is 0.328 e. The Balaban J connectivity index is 1.94. The van der Waals surface area contributed by atoms with Crippen LogP contribution < -0.4 is 10.5 Å². The SMILES string of the molecule is Cn1cc(Oc2nc(N)nc(-n3ccnc3)n2)cn1. The highest BCUT2D eigenvalue weighted by Crippen LogP contribution is 2.17. The van der Waals surface area contributed by atoms with E-state index in [0.717, 1.165) is 0 Å². The fourth-order valence-electron chi connectivity index (χ4n) is 1.46. The minimum absolute atomic E-state index is 0.0672. The molecule has 0 unspecified atom stereocenters. The van der Waals surface area contributed by atoms with Gasteiger partial charge in [-0.05, 0) is 0 Å². The molecule has 0 aliphatic rings. The Labute approximate surface area is 107 Å². The van der Waals surface area contributed by atoms with Crippen molar-refractivity contribution in [3.05, 3.63) is 31.1 Å². The lowest BCUT2D eigenvalue weighted by molar-refractivity contribution is 0.439. The fraction of sp³-hybridized carbons (Fsp3) is 0.100. The van der Waals surface area contributed by atoms with Gasteiger partial charge in [-0.25, -0.2) is 4.98 Å². The molecule has 0 amide bonds. The van der Waals surface area contributed by atoms with Crippen molar-refractivity contribution >= 4 is 5.95 Å². The Morgan fingerprint density at radius 3 is 2.84 bits per heavy atom. The summed E-state index contributed by atoms with van der Waals surface area (Å²) in [5, 5.41) is 3.98. The van der Waals surface area contributed by atoms with Crippen LogP contribution >= 0.6 is 0 Å². The highest BCUT2D eigenvalue weighted by Gasteiger charge is 2.09. The molecule has 2 N–H and O–H groups in total. The number of anilines is 1. The summed E-state index contributed by atoms with van der Waals surface area (Å²) >= 11 is 0. The first-order valence-electron chi connectivity index (χ1n) is 5.37. The van der Waals surface area contributed by atoms with E-state index in [-0.39, 0.29) is 12.0 Å². The molecule has 3 aromatic rings. The van der Waals surface area contributed by atoms with Gasteiger partial charge >= 0.3 is 6.01 Å². The van der Waals surface area contributed by atoms with Crippen molar-refractivity contribution in [3.8, 4) is 17.7 Å². The van der Waals surface area contributed by atoms with E-state index in [0.29, 0.717) is 11.7 Å². The molecule has 3 heterocycles. The number of imidazole rings is 1. The molecule has 0 aliphatic carbocycles. The second kappa shape index (κ2) is 4.37. The summed E-state index contributed by atoms with van der Waals surface area (Å²) in [6.45, 7) is 0. The van der Waals surface area contributed by atoms with E-state index < -0.39 is 0 Å². The Kier molecular flexibility index (Phi) is 2.56. The molecule has 3 rings (SSSR count). The van der Waals surface area contributed by atoms with Crippen LogP contribution in [0.5, 0.6) is 11.8 Å². The van der Waals surface area contributed by atoms with Crippen LogP contribution in [0.15, 0.2) is 31.1 Å². The Morgan fingerprint density at radius 2 is 2.16 bits per heavy atom. The Morgan fingerprint density at radius 1 is 1.26 bits per heavy atom. The summed E-state index contributed by atoms with van der Waals surface area (Å²) < 4.78 is 8.67. The first kappa shape index (κ1) is 11.1. The molecule has 0 radical (unpaired) electrons. The van der Waals surface area contributed by atoms with Gasteiger partial charge in [0.2, 0.25) is 11.9 Å². The van der Waals surface area contributed by atoms with Gasteiger partial charge in [0.15, 0.2) is 5.75 Å². The Bertz CT molecular complexity index is 689. The molecular weight excluding hydrogens is 248 g/mol. The quantitative estimate of drug-likeness (QED) is 0.712. The lowest BCUT2D eigenvalue weighted by Gasteiger charge is -2.04. The molecular formula is C10H10N8O. The number of nitrogen functional groups attached to an aromatic ring is 1. The minimum Gasteiger partial charge on any atom is -0.421 e. The lowest BCUT2D eigenvalue weighted by atomic mass is 10.6. The summed E-state index contributed by atoms with van der Waals surface area (Å²) in [6, 6.07) is 0.101. The average molecular weight is 258 g/mol. The normalized spacial score (nSPS) is 10.6. The van der Waals surface area contributed by atoms with Crippen molar-refractivity contribution in [1.82, 2.24) is 34.3 Å². The fourth-order valence-corrected chi connectivity index (χ4v) is 1.46. The Hall–Kier alpha value is -2.97. The van der Waals surface area contributed by atoms with Crippen molar-refractivity contribution in [2.45, 2.75) is 0 Å². The number of rotatable bonds is 3. The molecule has 0 bridgehead atoms. The van der Waals surface area contributed by atoms with Crippen LogP contribution in [0.2, 0.25) is 0 Å². The van der Waals surface area contributed by atoms with Crippen molar-refractivity contribution in [3.63, 3.8) is 0 Å². The van der Waals surface area contributed by atoms with Gasteiger partial charge in [-0.3, -0.25) is 9.25 Å². The molecule has 9 heteroatoms. The van der Waals surface area contributed by atoms with E-state index in [1.807, 2.05) is 0 Å². The molecule has 19 heavy (non-hydrogen) atoms. The van der Waals surface area contributed by atoms with Crippen LogP contribution in [-0.2, 0) is 7.05 Å². The molecule has 0 aliphatic heterocycles. The summed E-state index contributed by atoms with van der Waals surface area (Å²) in [4.78, 5) is 16.0. The first-order valence-corrected chi connectivity index (χ1v) is 5.37. The molecule has 0 atom stereocenters. The second-order valence-electron chi connectivity index (χ2n) is 3.70. The molecule has 96 valence electrons. The lowest BCUT2D eigenvalue weighted by Crippen LogP contribution is -2.06. The highest BCUT2D eigenvalue weighted by molar-refractivity contribution is 5.27. The molecule has 0 fully saturated rings. The van der Waals surface area contributed by atoms with Gasteiger partial charge in [-0.2, -0.15) is 20.1 Å². The third-order valence-corrected chi connectivity index (χ3v) is 2.25. The van der Waals surface area contributed by atoms with Gasteiger partial charge in [0.05, 0.1) is 12.4 Å². The average Bonchev–Trinajstić information content (AvgIpc) is 3.00. The van der Waals surface area contributed by atoms with Crippen LogP contribution in [0, 0.1) is 0 Å². The van der Waals surface area contributed by atoms with Crippen LogP contribution in [-0.4, -0.2) is 34.3 Å². The van der Waals surface area contributed by atoms with Gasteiger partial charge in [-0.1, -0.05) is 0 Å². The summed E-state index contributed by atoms with van der Waals surface area (Å²) in [5.74, 6) is 0.922. The highest BCUT2D eigenvalue weighted by atomic mass is 16.5. The van der Waals surface area contributed by atoms with Crippen LogP contribution in [0.25, 0.3) is 5.95 Å². The third kappa shape index (κ3) is 2.34. The smallest absolute Gasteiger partial charge is 0.328 e. The third-order valence-electron chi connectivity index (χ3n) is 2.25. The maximum atomic E-state index is 5.63. The van der Waals surface area contributed by atoms with E-state index in [1.54, 1.807) is 47.4 Å². The van der Waals surface area contributed by atoms with Crippen molar-refractivity contribution < 1.29 is 4.74 Å². The number of aryl methyl sites for hydroxylation is 1. The summed E-state index contributed by atoms with van der Waals surface area (Å²) in [5.41, 5.74) is 5.63. The minimum atomic E-state index is 0.0672. The van der Waals surface area contributed by atoms with E-state index >= 15 is 0 Å². The van der Waals surface area contributed by atoms with Crippen LogP contribution in [0.3, 0.4) is 0 Å². The zero-order valence-electron chi connectivity index (χ0n) is 10.0. The van der Waals surface area contributed by atoms with E-state index in [2.05, 4.69) is 25.0 Å². The monoisotopic (exact) mass is 258 g/mol. The van der Waals surface area contributed by atoms with Crippen LogP contribution in [0.1, 0.15) is 0 Å². The van der Waals surface area contributed by atoms with Crippen LogP contribution in [0.4, 0.5) is 5.95 Å². The number of nitrogens with zero attached hydrogens (tertiary/aromatic N) is 7. The molecule has 9 nitrogen and oxygen atoms in total. The topological polar surface area (TPSA) is 110 Å². The van der Waals surface area contributed by atoms with Gasteiger partial charge in [0.1, 0.15) is 6.33 Å². The summed E-state index contributed by atoms with van der Waals surface area (Å²) in [6.07, 6.45) is 8.11. The van der Waals surface area contributed by atoms with Crippen molar-refractivity contribution in [2.75, 3.05) is 5.73 Å². The number of hydrogen-bond donors (Lipinski definition) is 1. The zero-order chi connectivity index (χ0) is 13.2. The predicted molar refractivity (Wildman–Crippen MR) is 64.6 cm³/mol. The van der Waals surface area contributed by atoms with E-state index in [4.69, 9.17) is 10.5 Å². The number of aromatic nitrogens is 7. The van der Waals surface area contributed by atoms with Crippen molar-refractivity contribution in [1.29, 1.82) is 0 Å². The molecule has 0 saturated heterocycles. The standard InChI is InChI=1S/C10H10N8O/c1-17-5-7(4-13-17)19-10-15-8(11)14-9(16-10)18-3-2-12-6-18/h2-6H,1H3,(H2,11,14,15,16). The van der Waals surface area contributed by atoms with Gasteiger partial charge < -0.3 is 10.5 Å². The van der Waals surface area contributed by atoms with E-state index in [9.17, 15) is 0 Å². The van der Waals surface area contributed by atoms with E-state index in [1.165, 1.54) is 0 Å². The maximum absolute atomic E-state index is 5.63. The molecule has 0 spiro atoms. The zero-order valence-corrected chi connectivity index (χ0v) is 10.0. The number of hydrogen-bond acceptors (Lipinski definition) is 7. The largest absolute Gasteiger partial charge is 0.421 e. The summed E-state index contributed by atoms with van der Waals surface area (Å²) in [7, 11) is 1.78. The first-order chi connectivity index (χ1) is 9.20. The second-order valence-corrected chi connectivity index (χ2v) is 3.70. The molecule has 3 aromatic heterocycles.